The minimum atomic E-state index is -0.847. The van der Waals surface area contributed by atoms with Gasteiger partial charge in [-0.2, -0.15) is 0 Å². The molecule has 1 aromatic carbocycles. The Morgan fingerprint density at radius 3 is 2.50 bits per heavy atom. The highest BCUT2D eigenvalue weighted by Crippen LogP contribution is 2.15. The second kappa shape index (κ2) is 8.59. The van der Waals surface area contributed by atoms with E-state index in [1.165, 1.54) is 23.5 Å². The number of esters is 1. The molecule has 0 radical (unpaired) electrons. The fraction of sp³-hybridized carbons (Fsp3) is 0.333. The lowest BCUT2D eigenvalue weighted by Crippen LogP contribution is -2.38. The molecule has 0 saturated carbocycles. The maximum atomic E-state index is 12.9. The molecule has 0 aliphatic heterocycles. The number of nitrogens with one attached hydrogen (secondary N) is 1. The van der Waals surface area contributed by atoms with E-state index in [1.807, 2.05) is 13.8 Å². The number of carbonyl (C=O) groups excluding carboxylic acids is 2. The Labute approximate surface area is 144 Å². The van der Waals surface area contributed by atoms with Gasteiger partial charge in [-0.1, -0.05) is 32.0 Å². The number of amides is 1. The van der Waals surface area contributed by atoms with E-state index in [-0.39, 0.29) is 24.2 Å². The standard InChI is InChI=1S/C18H20FNO3S/c1-12(2)10-15(23-18(22)16-4-3-9-24-16)17(21)20-11-13-5-7-14(19)8-6-13/h3-9,12,15H,10-11H2,1-2H3,(H,20,21)/t15-/m1/s1. The zero-order valence-corrected chi connectivity index (χ0v) is 14.4. The predicted molar refractivity (Wildman–Crippen MR) is 91.2 cm³/mol. The number of carbonyl (C=O) groups is 2. The number of rotatable bonds is 7. The van der Waals surface area contributed by atoms with Crippen LogP contribution in [0, 0.1) is 11.7 Å². The highest BCUT2D eigenvalue weighted by Gasteiger charge is 2.25. The van der Waals surface area contributed by atoms with Crippen molar-refractivity contribution in [2.45, 2.75) is 32.9 Å². The van der Waals surface area contributed by atoms with Gasteiger partial charge in [-0.15, -0.1) is 11.3 Å². The number of thiophene rings is 1. The Morgan fingerprint density at radius 1 is 1.21 bits per heavy atom. The van der Waals surface area contributed by atoms with Crippen molar-refractivity contribution < 1.29 is 18.7 Å². The Kier molecular flexibility index (Phi) is 6.49. The van der Waals surface area contributed by atoms with Crippen molar-refractivity contribution >= 4 is 23.2 Å². The highest BCUT2D eigenvalue weighted by molar-refractivity contribution is 7.11. The van der Waals surface area contributed by atoms with Crippen molar-refractivity contribution in [1.29, 1.82) is 0 Å². The fourth-order valence-electron chi connectivity index (χ4n) is 2.12. The largest absolute Gasteiger partial charge is 0.448 e. The molecule has 2 rings (SSSR count). The average Bonchev–Trinajstić information content (AvgIpc) is 3.07. The summed E-state index contributed by atoms with van der Waals surface area (Å²) in [6.45, 7) is 4.17. The van der Waals surface area contributed by atoms with Crippen LogP contribution in [0.2, 0.25) is 0 Å². The van der Waals surface area contributed by atoms with E-state index in [2.05, 4.69) is 5.32 Å². The van der Waals surface area contributed by atoms with Crippen molar-refractivity contribution in [1.82, 2.24) is 5.32 Å². The summed E-state index contributed by atoms with van der Waals surface area (Å²) in [5.74, 6) is -0.971. The van der Waals surface area contributed by atoms with E-state index < -0.39 is 12.1 Å². The molecule has 0 saturated heterocycles. The van der Waals surface area contributed by atoms with Crippen LogP contribution in [0.1, 0.15) is 35.5 Å². The lowest BCUT2D eigenvalue weighted by molar-refractivity contribution is -0.130. The molecule has 6 heteroatoms. The van der Waals surface area contributed by atoms with Gasteiger partial charge in [0.05, 0.1) is 0 Å². The smallest absolute Gasteiger partial charge is 0.349 e. The molecule has 1 N–H and O–H groups in total. The lowest BCUT2D eigenvalue weighted by Gasteiger charge is -2.19. The third kappa shape index (κ3) is 5.45. The van der Waals surface area contributed by atoms with Gasteiger partial charge in [-0.25, -0.2) is 9.18 Å². The van der Waals surface area contributed by atoms with E-state index in [4.69, 9.17) is 4.74 Å². The summed E-state index contributed by atoms with van der Waals surface area (Å²) in [5, 5.41) is 4.52. The molecule has 0 aliphatic rings. The van der Waals surface area contributed by atoms with Crippen LogP contribution in [0.4, 0.5) is 4.39 Å². The first-order chi connectivity index (χ1) is 11.5. The van der Waals surface area contributed by atoms with Crippen molar-refractivity contribution in [3.63, 3.8) is 0 Å². The van der Waals surface area contributed by atoms with Crippen LogP contribution in [-0.4, -0.2) is 18.0 Å². The first-order valence-corrected chi connectivity index (χ1v) is 8.60. The third-order valence-electron chi connectivity index (χ3n) is 3.33. The summed E-state index contributed by atoms with van der Waals surface area (Å²) in [7, 11) is 0. The molecule has 0 aliphatic carbocycles. The molecule has 1 atom stereocenters. The van der Waals surface area contributed by atoms with E-state index >= 15 is 0 Å². The maximum absolute atomic E-state index is 12.9. The average molecular weight is 349 g/mol. The van der Waals surface area contributed by atoms with Gasteiger partial charge in [-0.3, -0.25) is 4.79 Å². The molecule has 4 nitrogen and oxygen atoms in total. The SMILES string of the molecule is CC(C)C[C@@H](OC(=O)c1cccs1)C(=O)NCc1ccc(F)cc1. The minimum absolute atomic E-state index is 0.197. The fourth-order valence-corrected chi connectivity index (χ4v) is 2.73. The number of hydrogen-bond donors (Lipinski definition) is 1. The van der Waals surface area contributed by atoms with Crippen LogP contribution < -0.4 is 5.32 Å². The van der Waals surface area contributed by atoms with Gasteiger partial charge in [0.2, 0.25) is 0 Å². The van der Waals surface area contributed by atoms with Gasteiger partial charge < -0.3 is 10.1 Å². The maximum Gasteiger partial charge on any atom is 0.349 e. The summed E-state index contributed by atoms with van der Waals surface area (Å²) in [5.41, 5.74) is 0.776. The Morgan fingerprint density at radius 2 is 1.92 bits per heavy atom. The summed E-state index contributed by atoms with van der Waals surface area (Å²) in [6.07, 6.45) is -0.410. The van der Waals surface area contributed by atoms with Gasteiger partial charge in [0, 0.05) is 6.54 Å². The van der Waals surface area contributed by atoms with Crippen molar-refractivity contribution in [3.8, 4) is 0 Å². The Hall–Kier alpha value is -2.21. The number of halogens is 1. The normalized spacial score (nSPS) is 12.0. The van der Waals surface area contributed by atoms with Gasteiger partial charge >= 0.3 is 5.97 Å². The lowest BCUT2D eigenvalue weighted by atomic mass is 10.1. The van der Waals surface area contributed by atoms with Crippen LogP contribution in [0.15, 0.2) is 41.8 Å². The van der Waals surface area contributed by atoms with Gasteiger partial charge in [-0.05, 0) is 41.5 Å². The number of benzene rings is 1. The van der Waals surface area contributed by atoms with E-state index in [0.29, 0.717) is 11.3 Å². The Balaban J connectivity index is 1.96. The summed E-state index contributed by atoms with van der Waals surface area (Å²) in [6, 6.07) is 9.30. The minimum Gasteiger partial charge on any atom is -0.448 e. The first kappa shape index (κ1) is 18.1. The van der Waals surface area contributed by atoms with Gasteiger partial charge in [0.15, 0.2) is 6.10 Å². The molecule has 0 bridgehead atoms. The second-order valence-electron chi connectivity index (χ2n) is 5.85. The van der Waals surface area contributed by atoms with Crippen LogP contribution in [0.25, 0.3) is 0 Å². The van der Waals surface area contributed by atoms with Crippen LogP contribution >= 0.6 is 11.3 Å². The summed E-state index contributed by atoms with van der Waals surface area (Å²) in [4.78, 5) is 24.9. The molecular weight excluding hydrogens is 329 g/mol. The zero-order chi connectivity index (χ0) is 17.5. The summed E-state index contributed by atoms with van der Waals surface area (Å²) < 4.78 is 18.3. The van der Waals surface area contributed by atoms with Crippen LogP contribution in [0.3, 0.4) is 0 Å². The van der Waals surface area contributed by atoms with Crippen LogP contribution in [-0.2, 0) is 16.1 Å². The van der Waals surface area contributed by atoms with E-state index in [0.717, 1.165) is 5.56 Å². The van der Waals surface area contributed by atoms with Crippen LogP contribution in [0.5, 0.6) is 0 Å². The zero-order valence-electron chi connectivity index (χ0n) is 13.6. The molecule has 0 fully saturated rings. The van der Waals surface area contributed by atoms with Gasteiger partial charge in [0.25, 0.3) is 5.91 Å². The van der Waals surface area contributed by atoms with E-state index in [1.54, 1.807) is 29.6 Å². The predicted octanol–water partition coefficient (Wildman–Crippen LogP) is 3.78. The third-order valence-corrected chi connectivity index (χ3v) is 4.18. The molecule has 1 heterocycles. The van der Waals surface area contributed by atoms with Crippen molar-refractivity contribution in [2.75, 3.05) is 0 Å². The molecule has 1 aromatic heterocycles. The molecule has 1 amide bonds. The number of ether oxygens (including phenoxy) is 1. The molecule has 2 aromatic rings. The molecule has 0 spiro atoms. The quantitative estimate of drug-likeness (QED) is 0.774. The topological polar surface area (TPSA) is 55.4 Å². The van der Waals surface area contributed by atoms with E-state index in [9.17, 15) is 14.0 Å². The second-order valence-corrected chi connectivity index (χ2v) is 6.79. The highest BCUT2D eigenvalue weighted by atomic mass is 32.1. The molecule has 24 heavy (non-hydrogen) atoms. The molecule has 0 unspecified atom stereocenters. The Bertz CT molecular complexity index is 668. The molecular formula is C18H20FNO3S. The van der Waals surface area contributed by atoms with Crippen molar-refractivity contribution in [2.24, 2.45) is 5.92 Å². The molecule has 128 valence electrons. The first-order valence-electron chi connectivity index (χ1n) is 7.72. The monoisotopic (exact) mass is 349 g/mol. The van der Waals surface area contributed by atoms with Gasteiger partial charge in [0.1, 0.15) is 10.7 Å². The number of hydrogen-bond acceptors (Lipinski definition) is 4. The van der Waals surface area contributed by atoms with Crippen molar-refractivity contribution in [3.05, 3.63) is 58.0 Å². The summed E-state index contributed by atoms with van der Waals surface area (Å²) >= 11 is 1.27.